The fraction of sp³-hybridized carbons (Fsp3) is 0. The maximum absolute atomic E-state index is 5.60. The molecule has 2 rings (SSSR count). The number of nitrogen functional groups attached to an aromatic ring is 1. The predicted molar refractivity (Wildman–Crippen MR) is 51.2 cm³/mol. The number of nitrogens with two attached hydrogens (primary N) is 1. The molecule has 0 unspecified atom stereocenters. The van der Waals surface area contributed by atoms with Crippen molar-refractivity contribution in [3.05, 3.63) is 29.5 Å². The molecule has 0 spiro atoms. The predicted octanol–water partition coefficient (Wildman–Crippen LogP) is 1.71. The first-order valence-corrected chi connectivity index (χ1v) is 4.07. The average molecular weight is 195 g/mol. The van der Waals surface area contributed by atoms with Crippen LogP contribution in [-0.2, 0) is 0 Å². The van der Waals surface area contributed by atoms with Crippen LogP contribution in [0.5, 0.6) is 0 Å². The van der Waals surface area contributed by atoms with Crippen molar-refractivity contribution in [2.45, 2.75) is 0 Å². The van der Waals surface area contributed by atoms with Gasteiger partial charge in [-0.2, -0.15) is 10.1 Å². The van der Waals surface area contributed by atoms with Crippen LogP contribution < -0.4 is 5.73 Å². The number of aromatic nitrogens is 3. The van der Waals surface area contributed by atoms with E-state index in [1.54, 1.807) is 12.1 Å². The lowest BCUT2D eigenvalue weighted by molar-refractivity contribution is 1.10. The second-order valence-corrected chi connectivity index (χ2v) is 2.93. The number of nitrogens with zero attached hydrogens (tertiary/aromatic N) is 2. The first kappa shape index (κ1) is 8.07. The van der Waals surface area contributed by atoms with E-state index in [9.17, 15) is 0 Å². The van der Waals surface area contributed by atoms with E-state index < -0.39 is 0 Å². The van der Waals surface area contributed by atoms with E-state index in [0.29, 0.717) is 11.5 Å². The van der Waals surface area contributed by atoms with Crippen LogP contribution in [0.25, 0.3) is 11.4 Å². The number of hydrogen-bond donors (Lipinski definition) is 2. The molecule has 66 valence electrons. The van der Waals surface area contributed by atoms with E-state index in [1.807, 2.05) is 12.1 Å². The van der Waals surface area contributed by atoms with Gasteiger partial charge in [-0.25, -0.2) is 5.10 Å². The first-order chi connectivity index (χ1) is 6.25. The van der Waals surface area contributed by atoms with Crippen LogP contribution >= 0.6 is 11.6 Å². The van der Waals surface area contributed by atoms with Gasteiger partial charge < -0.3 is 5.73 Å². The number of anilines is 1. The highest BCUT2D eigenvalue weighted by molar-refractivity contribution is 6.28. The van der Waals surface area contributed by atoms with E-state index in [4.69, 9.17) is 17.3 Å². The molecule has 13 heavy (non-hydrogen) atoms. The van der Waals surface area contributed by atoms with Gasteiger partial charge in [-0.05, 0) is 23.7 Å². The Hall–Kier alpha value is -1.55. The summed E-state index contributed by atoms with van der Waals surface area (Å²) in [5, 5.41) is 6.73. The third kappa shape index (κ3) is 1.62. The van der Waals surface area contributed by atoms with Gasteiger partial charge in [0.15, 0.2) is 5.82 Å². The second-order valence-electron chi connectivity index (χ2n) is 2.58. The number of hydrogen-bond acceptors (Lipinski definition) is 3. The van der Waals surface area contributed by atoms with Crippen molar-refractivity contribution in [1.82, 2.24) is 15.2 Å². The topological polar surface area (TPSA) is 67.6 Å². The lowest BCUT2D eigenvalue weighted by Crippen LogP contribution is -1.86. The maximum Gasteiger partial charge on any atom is 0.218 e. The van der Waals surface area contributed by atoms with Crippen LogP contribution in [0.2, 0.25) is 5.28 Å². The number of aromatic amines is 1. The Morgan fingerprint density at radius 1 is 1.38 bits per heavy atom. The van der Waals surface area contributed by atoms with Gasteiger partial charge in [0.2, 0.25) is 5.28 Å². The minimum Gasteiger partial charge on any atom is -0.399 e. The van der Waals surface area contributed by atoms with Crippen molar-refractivity contribution in [1.29, 1.82) is 0 Å². The Morgan fingerprint density at radius 2 is 2.23 bits per heavy atom. The minimum atomic E-state index is 0.275. The summed E-state index contributed by atoms with van der Waals surface area (Å²) in [5.74, 6) is 0.553. The van der Waals surface area contributed by atoms with Gasteiger partial charge in [0.1, 0.15) is 0 Å². The summed E-state index contributed by atoms with van der Waals surface area (Å²) < 4.78 is 0. The van der Waals surface area contributed by atoms with Crippen molar-refractivity contribution in [2.24, 2.45) is 0 Å². The number of nitrogens with one attached hydrogen (secondary N) is 1. The van der Waals surface area contributed by atoms with Crippen LogP contribution in [0.3, 0.4) is 0 Å². The number of benzene rings is 1. The molecule has 2 aromatic rings. The Labute approximate surface area is 79.7 Å². The molecule has 0 aliphatic heterocycles. The van der Waals surface area contributed by atoms with Gasteiger partial charge in [0.05, 0.1) is 0 Å². The maximum atomic E-state index is 5.60. The zero-order valence-corrected chi connectivity index (χ0v) is 7.42. The van der Waals surface area contributed by atoms with E-state index >= 15 is 0 Å². The largest absolute Gasteiger partial charge is 0.399 e. The standard InChI is InChI=1S/C8H7ClN4/c9-8-11-7(12-13-8)5-2-1-3-6(10)4-5/h1-4H,10H2,(H,11,12,13). The van der Waals surface area contributed by atoms with E-state index in [-0.39, 0.29) is 5.28 Å². The first-order valence-electron chi connectivity index (χ1n) is 3.69. The van der Waals surface area contributed by atoms with Gasteiger partial charge in [0.25, 0.3) is 0 Å². The van der Waals surface area contributed by atoms with Crippen LogP contribution in [0.1, 0.15) is 0 Å². The molecule has 4 nitrogen and oxygen atoms in total. The summed E-state index contributed by atoms with van der Waals surface area (Å²) in [6, 6.07) is 7.31. The van der Waals surface area contributed by atoms with Crippen LogP contribution in [0, 0.1) is 0 Å². The molecule has 0 radical (unpaired) electrons. The highest BCUT2D eigenvalue weighted by Crippen LogP contribution is 2.17. The quantitative estimate of drug-likeness (QED) is 0.679. The molecule has 1 aromatic heterocycles. The zero-order valence-electron chi connectivity index (χ0n) is 6.66. The van der Waals surface area contributed by atoms with E-state index in [0.717, 1.165) is 5.56 Å². The molecular weight excluding hydrogens is 188 g/mol. The lowest BCUT2D eigenvalue weighted by Gasteiger charge is -1.95. The highest BCUT2D eigenvalue weighted by Gasteiger charge is 2.03. The molecule has 0 fully saturated rings. The number of halogens is 1. The van der Waals surface area contributed by atoms with Crippen LogP contribution in [-0.4, -0.2) is 15.2 Å². The van der Waals surface area contributed by atoms with Crippen molar-refractivity contribution < 1.29 is 0 Å². The highest BCUT2D eigenvalue weighted by atomic mass is 35.5. The Kier molecular flexibility index (Phi) is 1.90. The van der Waals surface area contributed by atoms with Gasteiger partial charge in [0, 0.05) is 11.3 Å². The fourth-order valence-electron chi connectivity index (χ4n) is 1.05. The molecule has 1 heterocycles. The third-order valence-electron chi connectivity index (χ3n) is 1.60. The lowest BCUT2D eigenvalue weighted by atomic mass is 10.2. The summed E-state index contributed by atoms with van der Waals surface area (Å²) in [7, 11) is 0. The zero-order chi connectivity index (χ0) is 9.26. The second kappa shape index (κ2) is 3.06. The van der Waals surface area contributed by atoms with Gasteiger partial charge in [-0.15, -0.1) is 0 Å². The smallest absolute Gasteiger partial charge is 0.218 e. The monoisotopic (exact) mass is 194 g/mol. The molecule has 0 saturated carbocycles. The minimum absolute atomic E-state index is 0.275. The van der Waals surface area contributed by atoms with E-state index in [2.05, 4.69) is 15.2 Å². The molecule has 0 aliphatic rings. The third-order valence-corrected chi connectivity index (χ3v) is 1.77. The Bertz CT molecular complexity index is 424. The van der Waals surface area contributed by atoms with Crippen LogP contribution in [0.15, 0.2) is 24.3 Å². The van der Waals surface area contributed by atoms with Crippen molar-refractivity contribution in [2.75, 3.05) is 5.73 Å². The average Bonchev–Trinajstić information content (AvgIpc) is 2.52. The summed E-state index contributed by atoms with van der Waals surface area (Å²) in [4.78, 5) is 3.97. The number of H-pyrrole nitrogens is 1. The normalized spacial score (nSPS) is 10.2. The molecule has 0 aliphatic carbocycles. The van der Waals surface area contributed by atoms with Crippen molar-refractivity contribution in [3.8, 4) is 11.4 Å². The molecule has 3 N–H and O–H groups in total. The Balaban J connectivity index is 2.46. The van der Waals surface area contributed by atoms with Gasteiger partial charge in [-0.1, -0.05) is 12.1 Å². The Morgan fingerprint density at radius 3 is 2.85 bits per heavy atom. The molecule has 5 heteroatoms. The van der Waals surface area contributed by atoms with Gasteiger partial charge >= 0.3 is 0 Å². The molecule has 0 amide bonds. The van der Waals surface area contributed by atoms with Crippen molar-refractivity contribution >= 4 is 17.3 Å². The number of rotatable bonds is 1. The molecule has 0 saturated heterocycles. The summed E-state index contributed by atoms with van der Waals surface area (Å²) in [5.41, 5.74) is 7.13. The molecule has 0 atom stereocenters. The van der Waals surface area contributed by atoms with E-state index in [1.165, 1.54) is 0 Å². The summed E-state index contributed by atoms with van der Waals surface area (Å²) >= 11 is 5.59. The van der Waals surface area contributed by atoms with Crippen LogP contribution in [0.4, 0.5) is 5.69 Å². The summed E-state index contributed by atoms with van der Waals surface area (Å²) in [6.07, 6.45) is 0. The van der Waals surface area contributed by atoms with Crippen molar-refractivity contribution in [3.63, 3.8) is 0 Å². The van der Waals surface area contributed by atoms with Gasteiger partial charge in [-0.3, -0.25) is 0 Å². The SMILES string of the molecule is Nc1cccc(-c2n[nH]c(Cl)n2)c1. The molecule has 1 aromatic carbocycles. The molecule has 0 bridgehead atoms. The fourth-order valence-corrected chi connectivity index (χ4v) is 1.17. The summed E-state index contributed by atoms with van der Waals surface area (Å²) in [6.45, 7) is 0. The molecular formula is C8H7ClN4.